The van der Waals surface area contributed by atoms with Gasteiger partial charge >= 0.3 is 0 Å². The quantitative estimate of drug-likeness (QED) is 0.761. The summed E-state index contributed by atoms with van der Waals surface area (Å²) in [5.74, 6) is 0.475. The zero-order chi connectivity index (χ0) is 14.2. The van der Waals surface area contributed by atoms with Crippen LogP contribution in [-0.4, -0.2) is 25.8 Å². The maximum Gasteiger partial charge on any atom is 0.246 e. The van der Waals surface area contributed by atoms with Crippen molar-refractivity contribution < 1.29 is 8.42 Å². The van der Waals surface area contributed by atoms with Gasteiger partial charge in [0.25, 0.3) is 0 Å². The zero-order valence-corrected chi connectivity index (χ0v) is 14.3. The standard InChI is InChI=1S/C12H14BrCl2NO2S/c1-2-16(7-8-3-4-8)19(17,18)12-10(14)5-9(13)6-11(12)15/h5-6,8H,2-4,7H2,1H3. The van der Waals surface area contributed by atoms with Crippen LogP contribution in [0.5, 0.6) is 0 Å². The SMILES string of the molecule is CCN(CC1CC1)S(=O)(=O)c1c(Cl)cc(Br)cc1Cl. The van der Waals surface area contributed by atoms with Crippen LogP contribution < -0.4 is 0 Å². The molecule has 1 aliphatic carbocycles. The third-order valence-corrected chi connectivity index (χ3v) is 6.39. The van der Waals surface area contributed by atoms with Crippen LogP contribution in [0.25, 0.3) is 0 Å². The van der Waals surface area contributed by atoms with Crippen LogP contribution in [0.4, 0.5) is 0 Å². The largest absolute Gasteiger partial charge is 0.246 e. The summed E-state index contributed by atoms with van der Waals surface area (Å²) >= 11 is 15.3. The van der Waals surface area contributed by atoms with E-state index in [9.17, 15) is 8.42 Å². The Balaban J connectivity index is 2.42. The Morgan fingerprint density at radius 2 is 1.84 bits per heavy atom. The van der Waals surface area contributed by atoms with Crippen LogP contribution in [0.3, 0.4) is 0 Å². The minimum atomic E-state index is -3.64. The second kappa shape index (κ2) is 5.90. The zero-order valence-electron chi connectivity index (χ0n) is 10.4. The van der Waals surface area contributed by atoms with Gasteiger partial charge in [0.05, 0.1) is 10.0 Å². The molecule has 1 saturated carbocycles. The molecule has 0 N–H and O–H groups in total. The van der Waals surface area contributed by atoms with Crippen LogP contribution in [0, 0.1) is 5.92 Å². The van der Waals surface area contributed by atoms with Crippen molar-refractivity contribution in [1.29, 1.82) is 0 Å². The van der Waals surface area contributed by atoms with Gasteiger partial charge in [-0.3, -0.25) is 0 Å². The normalized spacial score (nSPS) is 16.1. The average Bonchev–Trinajstić information content (AvgIpc) is 3.07. The fourth-order valence-corrected chi connectivity index (χ4v) is 5.30. The Labute approximate surface area is 132 Å². The van der Waals surface area contributed by atoms with Gasteiger partial charge in [0.15, 0.2) is 0 Å². The van der Waals surface area contributed by atoms with E-state index in [1.165, 1.54) is 4.31 Å². The molecule has 2 rings (SSSR count). The molecule has 1 aromatic rings. The maximum absolute atomic E-state index is 12.6. The molecular formula is C12H14BrCl2NO2S. The highest BCUT2D eigenvalue weighted by Gasteiger charge is 2.33. The molecule has 0 bridgehead atoms. The molecular weight excluding hydrogens is 373 g/mol. The lowest BCUT2D eigenvalue weighted by atomic mass is 10.4. The molecule has 19 heavy (non-hydrogen) atoms. The van der Waals surface area contributed by atoms with Crippen LogP contribution in [0.1, 0.15) is 19.8 Å². The molecule has 1 fully saturated rings. The molecule has 0 atom stereocenters. The number of benzene rings is 1. The van der Waals surface area contributed by atoms with E-state index in [-0.39, 0.29) is 14.9 Å². The Bertz CT molecular complexity index is 564. The minimum absolute atomic E-state index is 0.00142. The van der Waals surface area contributed by atoms with Crippen LogP contribution in [0.2, 0.25) is 10.0 Å². The van der Waals surface area contributed by atoms with Crippen molar-refractivity contribution in [1.82, 2.24) is 4.31 Å². The number of halogens is 3. The fraction of sp³-hybridized carbons (Fsp3) is 0.500. The number of sulfonamides is 1. The predicted molar refractivity (Wildman–Crippen MR) is 81.3 cm³/mol. The topological polar surface area (TPSA) is 37.4 Å². The molecule has 0 saturated heterocycles. The summed E-state index contributed by atoms with van der Waals surface area (Å²) in [5.41, 5.74) is 0. The average molecular weight is 387 g/mol. The van der Waals surface area contributed by atoms with E-state index in [1.807, 2.05) is 6.92 Å². The van der Waals surface area contributed by atoms with Crippen molar-refractivity contribution >= 4 is 49.2 Å². The van der Waals surface area contributed by atoms with Gasteiger partial charge < -0.3 is 0 Å². The molecule has 7 heteroatoms. The highest BCUT2D eigenvalue weighted by Crippen LogP contribution is 2.37. The first-order valence-electron chi connectivity index (χ1n) is 6.01. The summed E-state index contributed by atoms with van der Waals surface area (Å²) in [5, 5.41) is 0.294. The van der Waals surface area contributed by atoms with E-state index in [1.54, 1.807) is 12.1 Å². The van der Waals surface area contributed by atoms with Crippen LogP contribution in [0.15, 0.2) is 21.5 Å². The third kappa shape index (κ3) is 3.45. The lowest BCUT2D eigenvalue weighted by Gasteiger charge is -2.21. The second-order valence-corrected chi connectivity index (χ2v) is 8.20. The van der Waals surface area contributed by atoms with Crippen LogP contribution in [-0.2, 0) is 10.0 Å². The highest BCUT2D eigenvalue weighted by molar-refractivity contribution is 9.10. The maximum atomic E-state index is 12.6. The van der Waals surface area contributed by atoms with Gasteiger partial charge in [-0.15, -0.1) is 0 Å². The highest BCUT2D eigenvalue weighted by atomic mass is 79.9. The summed E-state index contributed by atoms with van der Waals surface area (Å²) in [6.07, 6.45) is 2.18. The Morgan fingerprint density at radius 3 is 2.26 bits per heavy atom. The van der Waals surface area contributed by atoms with Gasteiger partial charge in [-0.25, -0.2) is 8.42 Å². The van der Waals surface area contributed by atoms with Crippen molar-refractivity contribution in [2.24, 2.45) is 5.92 Å². The molecule has 0 radical (unpaired) electrons. The molecule has 0 spiro atoms. The molecule has 3 nitrogen and oxygen atoms in total. The van der Waals surface area contributed by atoms with Gasteiger partial charge in [0.1, 0.15) is 4.90 Å². The Kier molecular flexibility index (Phi) is 4.83. The first-order valence-corrected chi connectivity index (χ1v) is 8.99. The molecule has 106 valence electrons. The summed E-state index contributed by atoms with van der Waals surface area (Å²) in [6.45, 7) is 2.78. The van der Waals surface area contributed by atoms with Crippen LogP contribution >= 0.6 is 39.1 Å². The van der Waals surface area contributed by atoms with Crippen molar-refractivity contribution in [2.45, 2.75) is 24.7 Å². The van der Waals surface area contributed by atoms with Crippen molar-refractivity contribution in [3.05, 3.63) is 26.7 Å². The van der Waals surface area contributed by atoms with Gasteiger partial charge in [-0.1, -0.05) is 46.1 Å². The van der Waals surface area contributed by atoms with Crippen molar-refractivity contribution in [3.8, 4) is 0 Å². The van der Waals surface area contributed by atoms with Crippen molar-refractivity contribution in [2.75, 3.05) is 13.1 Å². The molecule has 0 unspecified atom stereocenters. The monoisotopic (exact) mass is 385 g/mol. The number of hydrogen-bond donors (Lipinski definition) is 0. The molecule has 0 amide bonds. The summed E-state index contributed by atoms with van der Waals surface area (Å²) in [6, 6.07) is 3.09. The van der Waals surface area contributed by atoms with E-state index in [2.05, 4.69) is 15.9 Å². The van der Waals surface area contributed by atoms with Gasteiger partial charge in [0, 0.05) is 17.6 Å². The summed E-state index contributed by atoms with van der Waals surface area (Å²) < 4.78 is 27.4. The van der Waals surface area contributed by atoms with E-state index >= 15 is 0 Å². The number of rotatable bonds is 5. The Hall–Kier alpha value is 0.190. The molecule has 1 aromatic carbocycles. The van der Waals surface area contributed by atoms with Gasteiger partial charge in [-0.2, -0.15) is 4.31 Å². The molecule has 0 heterocycles. The number of hydrogen-bond acceptors (Lipinski definition) is 2. The summed E-state index contributed by atoms with van der Waals surface area (Å²) in [7, 11) is -3.64. The fourth-order valence-electron chi connectivity index (χ4n) is 1.89. The van der Waals surface area contributed by atoms with Crippen molar-refractivity contribution in [3.63, 3.8) is 0 Å². The molecule has 0 aliphatic heterocycles. The predicted octanol–water partition coefficient (Wildman–Crippen LogP) is 4.18. The van der Waals surface area contributed by atoms with Gasteiger partial charge in [-0.05, 0) is 30.9 Å². The first kappa shape index (κ1) is 15.6. The van der Waals surface area contributed by atoms with E-state index in [4.69, 9.17) is 23.2 Å². The smallest absolute Gasteiger partial charge is 0.207 e. The minimum Gasteiger partial charge on any atom is -0.207 e. The van der Waals surface area contributed by atoms with E-state index < -0.39 is 10.0 Å². The lowest BCUT2D eigenvalue weighted by molar-refractivity contribution is 0.412. The summed E-state index contributed by atoms with van der Waals surface area (Å²) in [4.78, 5) is 0.00142. The van der Waals surface area contributed by atoms with Gasteiger partial charge in [0.2, 0.25) is 10.0 Å². The Morgan fingerprint density at radius 1 is 1.32 bits per heavy atom. The first-order chi connectivity index (χ1) is 8.86. The number of nitrogens with zero attached hydrogens (tertiary/aromatic N) is 1. The lowest BCUT2D eigenvalue weighted by Crippen LogP contribution is -2.33. The molecule has 1 aliphatic rings. The molecule has 0 aromatic heterocycles. The van der Waals surface area contributed by atoms with E-state index in [0.717, 1.165) is 12.8 Å². The van der Waals surface area contributed by atoms with E-state index in [0.29, 0.717) is 23.5 Å². The third-order valence-electron chi connectivity index (χ3n) is 3.07. The second-order valence-electron chi connectivity index (χ2n) is 4.60.